The van der Waals surface area contributed by atoms with Crippen LogP contribution < -0.4 is 14.8 Å². The molecule has 0 aliphatic heterocycles. The lowest BCUT2D eigenvalue weighted by Crippen LogP contribution is -2.32. The third kappa shape index (κ3) is 5.94. The van der Waals surface area contributed by atoms with Crippen molar-refractivity contribution in [1.82, 2.24) is 0 Å². The second kappa shape index (κ2) is 10.3. The monoisotopic (exact) mass is 492 g/mol. The maximum absolute atomic E-state index is 12.7. The van der Waals surface area contributed by atoms with E-state index in [4.69, 9.17) is 27.9 Å². The summed E-state index contributed by atoms with van der Waals surface area (Å²) in [5, 5.41) is 3.79. The van der Waals surface area contributed by atoms with Crippen molar-refractivity contribution in [1.29, 1.82) is 0 Å². The summed E-state index contributed by atoms with van der Waals surface area (Å²) in [4.78, 5) is 12.7. The van der Waals surface area contributed by atoms with Gasteiger partial charge in [0.05, 0.1) is 10.6 Å². The molecule has 0 aromatic heterocycles. The van der Waals surface area contributed by atoms with E-state index in [-0.39, 0.29) is 10.8 Å². The van der Waals surface area contributed by atoms with Crippen LogP contribution in [0.1, 0.15) is 18.9 Å². The zero-order valence-corrected chi connectivity index (χ0v) is 19.8. The first kappa shape index (κ1) is 23.9. The average Bonchev–Trinajstić information content (AvgIpc) is 2.76. The molecule has 0 bridgehead atoms. The van der Waals surface area contributed by atoms with Gasteiger partial charge in [-0.3, -0.25) is 9.52 Å². The fourth-order valence-electron chi connectivity index (χ4n) is 2.86. The molecule has 0 fully saturated rings. The van der Waals surface area contributed by atoms with Crippen molar-refractivity contribution in [2.75, 3.05) is 10.0 Å². The van der Waals surface area contributed by atoms with E-state index in [0.29, 0.717) is 39.2 Å². The Balaban J connectivity index is 1.68. The molecular formula is C23H22Cl2N2O4S. The number of benzene rings is 3. The number of halogens is 2. The fraction of sp³-hybridized carbons (Fsp3) is 0.174. The van der Waals surface area contributed by atoms with Crippen molar-refractivity contribution in [3.8, 4) is 5.75 Å². The standard InChI is InChI=1S/C23H22Cl2N2O4S/c1-3-22(31-18-11-7-16(24)8-12-18)23(28)26-17-9-13-19(14-10-17)32(29,30)27-21-6-4-5-20(25)15(21)2/h4-14,22,27H,3H2,1-2H3,(H,26,28)/t22-/m0/s1. The highest BCUT2D eigenvalue weighted by molar-refractivity contribution is 7.92. The molecule has 0 saturated carbocycles. The molecule has 168 valence electrons. The highest BCUT2D eigenvalue weighted by atomic mass is 35.5. The van der Waals surface area contributed by atoms with Gasteiger partial charge in [-0.05, 0) is 79.6 Å². The van der Waals surface area contributed by atoms with E-state index in [1.165, 1.54) is 24.3 Å². The van der Waals surface area contributed by atoms with Crippen molar-refractivity contribution in [2.24, 2.45) is 0 Å². The second-order valence-corrected chi connectivity index (χ2v) is 9.53. The molecular weight excluding hydrogens is 471 g/mol. The van der Waals surface area contributed by atoms with Gasteiger partial charge >= 0.3 is 0 Å². The fourth-order valence-corrected chi connectivity index (χ4v) is 4.28. The Morgan fingerprint density at radius 1 is 1.00 bits per heavy atom. The van der Waals surface area contributed by atoms with Crippen molar-refractivity contribution in [2.45, 2.75) is 31.3 Å². The molecule has 0 unspecified atom stereocenters. The van der Waals surface area contributed by atoms with Crippen LogP contribution in [0.25, 0.3) is 0 Å². The van der Waals surface area contributed by atoms with E-state index in [2.05, 4.69) is 10.0 Å². The maximum Gasteiger partial charge on any atom is 0.265 e. The van der Waals surface area contributed by atoms with Crippen LogP contribution in [0, 0.1) is 6.92 Å². The molecule has 0 heterocycles. The third-order valence-corrected chi connectivity index (χ3v) is 6.74. The molecule has 2 N–H and O–H groups in total. The summed E-state index contributed by atoms with van der Waals surface area (Å²) in [6.45, 7) is 3.56. The molecule has 3 aromatic rings. The van der Waals surface area contributed by atoms with Crippen LogP contribution in [0.4, 0.5) is 11.4 Å². The zero-order chi connectivity index (χ0) is 23.3. The zero-order valence-electron chi connectivity index (χ0n) is 17.4. The number of rotatable bonds is 8. The highest BCUT2D eigenvalue weighted by Crippen LogP contribution is 2.26. The number of amides is 1. The summed E-state index contributed by atoms with van der Waals surface area (Å²) in [7, 11) is -3.82. The minimum absolute atomic E-state index is 0.0549. The van der Waals surface area contributed by atoms with Gasteiger partial charge in [-0.1, -0.05) is 36.2 Å². The van der Waals surface area contributed by atoms with Gasteiger partial charge in [0.15, 0.2) is 6.10 Å². The van der Waals surface area contributed by atoms with E-state index in [9.17, 15) is 13.2 Å². The van der Waals surface area contributed by atoms with E-state index in [0.717, 1.165) is 0 Å². The Kier molecular flexibility index (Phi) is 7.66. The van der Waals surface area contributed by atoms with Crippen LogP contribution in [0.15, 0.2) is 71.6 Å². The first-order chi connectivity index (χ1) is 15.2. The lowest BCUT2D eigenvalue weighted by atomic mass is 10.2. The number of carbonyl (C=O) groups is 1. The minimum Gasteiger partial charge on any atom is -0.481 e. The maximum atomic E-state index is 12.7. The second-order valence-electron chi connectivity index (χ2n) is 7.00. The molecule has 32 heavy (non-hydrogen) atoms. The SMILES string of the molecule is CC[C@H](Oc1ccc(Cl)cc1)C(=O)Nc1ccc(S(=O)(=O)Nc2cccc(Cl)c2C)cc1. The summed E-state index contributed by atoms with van der Waals surface area (Å²) in [6.07, 6.45) is -0.267. The predicted molar refractivity (Wildman–Crippen MR) is 128 cm³/mol. The van der Waals surface area contributed by atoms with Gasteiger partial charge in [0.25, 0.3) is 15.9 Å². The number of anilines is 2. The van der Waals surface area contributed by atoms with Gasteiger partial charge in [0.2, 0.25) is 0 Å². The van der Waals surface area contributed by atoms with Crippen molar-refractivity contribution in [3.05, 3.63) is 82.3 Å². The smallest absolute Gasteiger partial charge is 0.265 e. The van der Waals surface area contributed by atoms with Crippen LogP contribution >= 0.6 is 23.2 Å². The number of nitrogens with one attached hydrogen (secondary N) is 2. The van der Waals surface area contributed by atoms with Gasteiger partial charge in [-0.15, -0.1) is 0 Å². The number of hydrogen-bond donors (Lipinski definition) is 2. The van der Waals surface area contributed by atoms with Gasteiger partial charge in [0.1, 0.15) is 5.75 Å². The number of hydrogen-bond acceptors (Lipinski definition) is 4. The van der Waals surface area contributed by atoms with Crippen LogP contribution in [0.5, 0.6) is 5.75 Å². The van der Waals surface area contributed by atoms with Crippen molar-refractivity contribution in [3.63, 3.8) is 0 Å². The molecule has 9 heteroatoms. The van der Waals surface area contributed by atoms with E-state index >= 15 is 0 Å². The Morgan fingerprint density at radius 2 is 1.66 bits per heavy atom. The van der Waals surface area contributed by atoms with Gasteiger partial charge < -0.3 is 10.1 Å². The Morgan fingerprint density at radius 3 is 2.28 bits per heavy atom. The van der Waals surface area contributed by atoms with E-state index in [1.54, 1.807) is 49.4 Å². The summed E-state index contributed by atoms with van der Waals surface area (Å²) >= 11 is 11.9. The van der Waals surface area contributed by atoms with E-state index < -0.39 is 16.1 Å². The summed E-state index contributed by atoms with van der Waals surface area (Å²) < 4.78 is 33.7. The number of ether oxygens (including phenoxy) is 1. The number of sulfonamides is 1. The highest BCUT2D eigenvalue weighted by Gasteiger charge is 2.20. The lowest BCUT2D eigenvalue weighted by Gasteiger charge is -2.17. The predicted octanol–water partition coefficient (Wildman–Crippen LogP) is 5.90. The average molecular weight is 493 g/mol. The topological polar surface area (TPSA) is 84.5 Å². The largest absolute Gasteiger partial charge is 0.481 e. The van der Waals surface area contributed by atoms with Gasteiger partial charge in [-0.25, -0.2) is 8.42 Å². The van der Waals surface area contributed by atoms with Crippen LogP contribution in [0.3, 0.4) is 0 Å². The molecule has 0 spiro atoms. The summed E-state index contributed by atoms with van der Waals surface area (Å²) in [5.41, 5.74) is 1.49. The first-order valence-electron chi connectivity index (χ1n) is 9.80. The molecule has 6 nitrogen and oxygen atoms in total. The molecule has 3 aromatic carbocycles. The van der Waals surface area contributed by atoms with E-state index in [1.807, 2.05) is 6.92 Å². The van der Waals surface area contributed by atoms with Crippen LogP contribution in [-0.4, -0.2) is 20.4 Å². The minimum atomic E-state index is -3.82. The Bertz CT molecular complexity index is 1200. The molecule has 0 aliphatic carbocycles. The number of carbonyl (C=O) groups excluding carboxylic acids is 1. The normalized spacial score (nSPS) is 12.1. The van der Waals surface area contributed by atoms with Crippen molar-refractivity contribution >= 4 is 50.5 Å². The lowest BCUT2D eigenvalue weighted by molar-refractivity contribution is -0.122. The summed E-state index contributed by atoms with van der Waals surface area (Å²) in [5.74, 6) is 0.186. The third-order valence-electron chi connectivity index (χ3n) is 4.70. The quantitative estimate of drug-likeness (QED) is 0.409. The molecule has 1 amide bonds. The Labute approximate surface area is 197 Å². The molecule has 1 atom stereocenters. The van der Waals surface area contributed by atoms with Gasteiger partial charge in [0, 0.05) is 15.7 Å². The molecule has 0 aliphatic rings. The van der Waals surface area contributed by atoms with Crippen molar-refractivity contribution < 1.29 is 17.9 Å². The molecule has 3 rings (SSSR count). The Hall–Kier alpha value is -2.74. The molecule has 0 radical (unpaired) electrons. The van der Waals surface area contributed by atoms with Crippen LogP contribution in [0.2, 0.25) is 10.0 Å². The summed E-state index contributed by atoms with van der Waals surface area (Å²) in [6, 6.07) is 17.6. The van der Waals surface area contributed by atoms with Crippen LogP contribution in [-0.2, 0) is 14.8 Å². The molecule has 0 saturated heterocycles. The van der Waals surface area contributed by atoms with Gasteiger partial charge in [-0.2, -0.15) is 0 Å². The first-order valence-corrected chi connectivity index (χ1v) is 12.0.